The maximum absolute atomic E-state index is 12.7. The van der Waals surface area contributed by atoms with Crippen molar-refractivity contribution in [3.8, 4) is 0 Å². The number of rotatable bonds is 4. The van der Waals surface area contributed by atoms with Crippen LogP contribution in [0.25, 0.3) is 0 Å². The second-order valence-electron chi connectivity index (χ2n) is 7.29. The molecule has 0 radical (unpaired) electrons. The van der Waals surface area contributed by atoms with Gasteiger partial charge in [0.05, 0.1) is 0 Å². The molecule has 0 saturated heterocycles. The molecule has 5 nitrogen and oxygen atoms in total. The van der Waals surface area contributed by atoms with E-state index in [1.807, 2.05) is 39.0 Å². The van der Waals surface area contributed by atoms with Crippen LogP contribution in [-0.4, -0.2) is 21.9 Å². The minimum Gasteiger partial charge on any atom is -0.367 e. The molecule has 3 rings (SSSR count). The summed E-state index contributed by atoms with van der Waals surface area (Å²) in [6, 6.07) is 8.22. The zero-order valence-electron chi connectivity index (χ0n) is 15.9. The number of amides is 1. The fourth-order valence-corrected chi connectivity index (χ4v) is 3.45. The summed E-state index contributed by atoms with van der Waals surface area (Å²) in [6.07, 6.45) is 7.44. The monoisotopic (exact) mass is 352 g/mol. The number of nitrogens with zero attached hydrogens (tertiary/aromatic N) is 2. The topological polar surface area (TPSA) is 66.9 Å². The predicted octanol–water partition coefficient (Wildman–Crippen LogP) is 4.79. The molecule has 0 unspecified atom stereocenters. The van der Waals surface area contributed by atoms with Gasteiger partial charge in [-0.2, -0.15) is 0 Å². The van der Waals surface area contributed by atoms with Crippen LogP contribution in [0.15, 0.2) is 24.3 Å². The van der Waals surface area contributed by atoms with Gasteiger partial charge in [0.2, 0.25) is 0 Å². The lowest BCUT2D eigenvalue weighted by atomic mass is 10.1. The van der Waals surface area contributed by atoms with Crippen LogP contribution < -0.4 is 10.6 Å². The number of hydrogen-bond acceptors (Lipinski definition) is 4. The first-order valence-electron chi connectivity index (χ1n) is 9.52. The highest BCUT2D eigenvalue weighted by molar-refractivity contribution is 6.03. The van der Waals surface area contributed by atoms with E-state index in [1.54, 1.807) is 6.07 Å². The Hall–Kier alpha value is -2.43. The molecule has 1 saturated carbocycles. The molecular formula is C21H28N4O. The summed E-state index contributed by atoms with van der Waals surface area (Å²) < 4.78 is 0. The number of carbonyl (C=O) groups is 1. The molecule has 1 aromatic carbocycles. The molecule has 0 bridgehead atoms. The Bertz CT molecular complexity index is 780. The van der Waals surface area contributed by atoms with Crippen LogP contribution in [0, 0.1) is 20.8 Å². The Kier molecular flexibility index (Phi) is 5.86. The molecule has 1 heterocycles. The Labute approximate surface area is 155 Å². The van der Waals surface area contributed by atoms with Gasteiger partial charge in [-0.15, -0.1) is 0 Å². The molecular weight excluding hydrogens is 324 g/mol. The van der Waals surface area contributed by atoms with E-state index in [0.29, 0.717) is 17.6 Å². The van der Waals surface area contributed by atoms with E-state index in [4.69, 9.17) is 0 Å². The van der Waals surface area contributed by atoms with Gasteiger partial charge in [0.15, 0.2) is 0 Å². The van der Waals surface area contributed by atoms with Gasteiger partial charge in [-0.25, -0.2) is 9.97 Å². The Morgan fingerprint density at radius 1 is 1.00 bits per heavy atom. The van der Waals surface area contributed by atoms with Gasteiger partial charge in [-0.1, -0.05) is 37.8 Å². The predicted molar refractivity (Wildman–Crippen MR) is 106 cm³/mol. The summed E-state index contributed by atoms with van der Waals surface area (Å²) >= 11 is 0. The van der Waals surface area contributed by atoms with Crippen LogP contribution in [-0.2, 0) is 0 Å². The molecule has 0 aliphatic heterocycles. The number of anilines is 2. The van der Waals surface area contributed by atoms with Crippen molar-refractivity contribution in [1.82, 2.24) is 9.97 Å². The second-order valence-corrected chi connectivity index (χ2v) is 7.29. The van der Waals surface area contributed by atoms with Crippen molar-refractivity contribution in [1.29, 1.82) is 0 Å². The molecule has 2 aromatic rings. The van der Waals surface area contributed by atoms with Crippen molar-refractivity contribution in [2.45, 2.75) is 65.3 Å². The molecule has 1 aromatic heterocycles. The average molecular weight is 352 g/mol. The van der Waals surface area contributed by atoms with E-state index in [2.05, 4.69) is 20.6 Å². The van der Waals surface area contributed by atoms with Gasteiger partial charge >= 0.3 is 0 Å². The minimum atomic E-state index is -0.201. The lowest BCUT2D eigenvalue weighted by Gasteiger charge is -2.17. The highest BCUT2D eigenvalue weighted by atomic mass is 16.1. The van der Waals surface area contributed by atoms with Crippen LogP contribution in [0.4, 0.5) is 11.5 Å². The van der Waals surface area contributed by atoms with E-state index < -0.39 is 0 Å². The Morgan fingerprint density at radius 3 is 2.46 bits per heavy atom. The first-order chi connectivity index (χ1) is 12.5. The molecule has 26 heavy (non-hydrogen) atoms. The number of hydrogen-bond donors (Lipinski definition) is 2. The molecule has 1 aliphatic carbocycles. The number of aryl methyl sites for hydroxylation is 3. The van der Waals surface area contributed by atoms with Gasteiger partial charge in [0.1, 0.15) is 17.3 Å². The van der Waals surface area contributed by atoms with Crippen molar-refractivity contribution in [2.75, 3.05) is 10.6 Å². The normalized spacial score (nSPS) is 15.3. The fourth-order valence-electron chi connectivity index (χ4n) is 3.45. The quantitative estimate of drug-likeness (QED) is 0.777. The van der Waals surface area contributed by atoms with E-state index in [0.717, 1.165) is 35.5 Å². The molecule has 1 fully saturated rings. The molecule has 5 heteroatoms. The molecule has 2 N–H and O–H groups in total. The third-order valence-corrected chi connectivity index (χ3v) is 4.92. The van der Waals surface area contributed by atoms with Crippen molar-refractivity contribution < 1.29 is 4.79 Å². The smallest absolute Gasteiger partial charge is 0.274 e. The Balaban J connectivity index is 1.75. The van der Waals surface area contributed by atoms with E-state index in [-0.39, 0.29) is 5.91 Å². The maximum Gasteiger partial charge on any atom is 0.274 e. The van der Waals surface area contributed by atoms with Gasteiger partial charge in [-0.3, -0.25) is 4.79 Å². The molecule has 138 valence electrons. The van der Waals surface area contributed by atoms with Gasteiger partial charge < -0.3 is 10.6 Å². The standard InChI is InChI=1S/C21H28N4O/c1-14-10-11-15(2)18(12-14)25-21(26)19-13-20(23-16(3)22-19)24-17-8-6-4-5-7-9-17/h10-13,17H,4-9H2,1-3H3,(H,25,26)(H,22,23,24). The summed E-state index contributed by atoms with van der Waals surface area (Å²) in [4.78, 5) is 21.5. The van der Waals surface area contributed by atoms with Crippen LogP contribution in [0.3, 0.4) is 0 Å². The molecule has 1 aliphatic rings. The maximum atomic E-state index is 12.7. The zero-order valence-corrected chi connectivity index (χ0v) is 15.9. The van der Waals surface area contributed by atoms with Gasteiger partial charge in [-0.05, 0) is 50.8 Å². The largest absolute Gasteiger partial charge is 0.367 e. The number of carbonyl (C=O) groups excluding carboxylic acids is 1. The van der Waals surface area contributed by atoms with E-state index >= 15 is 0 Å². The lowest BCUT2D eigenvalue weighted by Crippen LogP contribution is -2.21. The minimum absolute atomic E-state index is 0.201. The summed E-state index contributed by atoms with van der Waals surface area (Å²) in [5, 5.41) is 6.49. The number of nitrogens with one attached hydrogen (secondary N) is 2. The van der Waals surface area contributed by atoms with Crippen molar-refractivity contribution >= 4 is 17.4 Å². The van der Waals surface area contributed by atoms with Gasteiger partial charge in [0.25, 0.3) is 5.91 Å². The first-order valence-corrected chi connectivity index (χ1v) is 9.52. The van der Waals surface area contributed by atoms with Crippen molar-refractivity contribution in [2.24, 2.45) is 0 Å². The third-order valence-electron chi connectivity index (χ3n) is 4.92. The fraction of sp³-hybridized carbons (Fsp3) is 0.476. The highest BCUT2D eigenvalue weighted by Crippen LogP contribution is 2.21. The second kappa shape index (κ2) is 8.30. The van der Waals surface area contributed by atoms with Crippen LogP contribution >= 0.6 is 0 Å². The number of aromatic nitrogens is 2. The molecule has 1 amide bonds. The van der Waals surface area contributed by atoms with E-state index in [1.165, 1.54) is 25.7 Å². The summed E-state index contributed by atoms with van der Waals surface area (Å²) in [5.74, 6) is 1.15. The first kappa shape index (κ1) is 18.4. The molecule has 0 atom stereocenters. The lowest BCUT2D eigenvalue weighted by molar-refractivity contribution is 0.102. The van der Waals surface area contributed by atoms with E-state index in [9.17, 15) is 4.79 Å². The Morgan fingerprint density at radius 2 is 1.73 bits per heavy atom. The number of benzene rings is 1. The SMILES string of the molecule is Cc1ccc(C)c(NC(=O)c2cc(NC3CCCCCC3)nc(C)n2)c1. The summed E-state index contributed by atoms with van der Waals surface area (Å²) in [6.45, 7) is 5.82. The van der Waals surface area contributed by atoms with Crippen LogP contribution in [0.1, 0.15) is 66.0 Å². The summed E-state index contributed by atoms with van der Waals surface area (Å²) in [7, 11) is 0. The van der Waals surface area contributed by atoms with Crippen LogP contribution in [0.2, 0.25) is 0 Å². The van der Waals surface area contributed by atoms with Crippen LogP contribution in [0.5, 0.6) is 0 Å². The zero-order chi connectivity index (χ0) is 18.5. The van der Waals surface area contributed by atoms with Crippen molar-refractivity contribution in [3.63, 3.8) is 0 Å². The van der Waals surface area contributed by atoms with Crippen molar-refractivity contribution in [3.05, 3.63) is 46.9 Å². The summed E-state index contributed by atoms with van der Waals surface area (Å²) in [5.41, 5.74) is 3.37. The van der Waals surface area contributed by atoms with Gasteiger partial charge in [0, 0.05) is 17.8 Å². The molecule has 0 spiro atoms. The third kappa shape index (κ3) is 4.81. The highest BCUT2D eigenvalue weighted by Gasteiger charge is 2.16. The average Bonchev–Trinajstić information content (AvgIpc) is 2.86.